The van der Waals surface area contributed by atoms with Gasteiger partial charge in [0.05, 0.1) is 13.2 Å². The number of ether oxygens (including phenoxy) is 3. The molecule has 0 rings (SSSR count). The molecule has 0 radical (unpaired) electrons. The molecule has 0 N–H and O–H groups in total. The summed E-state index contributed by atoms with van der Waals surface area (Å²) in [7, 11) is 0. The van der Waals surface area contributed by atoms with Gasteiger partial charge in [0.2, 0.25) is 0 Å². The van der Waals surface area contributed by atoms with Gasteiger partial charge in [-0.15, -0.1) is 0 Å². The first-order valence-corrected chi connectivity index (χ1v) is 5.01. The molecule has 1 atom stereocenters. The van der Waals surface area contributed by atoms with Crippen molar-refractivity contribution in [2.75, 3.05) is 13.2 Å². The van der Waals surface area contributed by atoms with Crippen LogP contribution in [0.4, 0.5) is 0 Å². The number of rotatable bonds is 7. The molecular formula is C10H20O4. The van der Waals surface area contributed by atoms with E-state index in [2.05, 4.69) is 6.92 Å². The smallest absolute Gasteiger partial charge is 0.326 e. The maximum Gasteiger partial charge on any atom is 0.326 e. The summed E-state index contributed by atoms with van der Waals surface area (Å²) in [6.45, 7) is 7.79. The first-order chi connectivity index (χ1) is 6.54. The van der Waals surface area contributed by atoms with Crippen molar-refractivity contribution in [3.63, 3.8) is 0 Å². The molecule has 84 valence electrons. The van der Waals surface area contributed by atoms with Crippen molar-refractivity contribution >= 4 is 5.97 Å². The Balaban J connectivity index is 4.02. The van der Waals surface area contributed by atoms with E-state index in [-0.39, 0.29) is 0 Å². The lowest BCUT2D eigenvalue weighted by Crippen LogP contribution is -2.37. The monoisotopic (exact) mass is 204 g/mol. The number of carbonyl (C=O) groups is 1. The van der Waals surface area contributed by atoms with Crippen molar-refractivity contribution in [1.82, 2.24) is 0 Å². The highest BCUT2D eigenvalue weighted by Gasteiger charge is 2.28. The lowest BCUT2D eigenvalue weighted by atomic mass is 10.4. The summed E-state index contributed by atoms with van der Waals surface area (Å²) in [4.78, 5) is 10.8. The average molecular weight is 204 g/mol. The Morgan fingerprint density at radius 2 is 1.93 bits per heavy atom. The van der Waals surface area contributed by atoms with Crippen LogP contribution in [-0.4, -0.2) is 25.2 Å². The number of carbonyl (C=O) groups excluding carboxylic acids is 1. The minimum absolute atomic E-state index is 0.405. The van der Waals surface area contributed by atoms with Crippen molar-refractivity contribution in [2.45, 2.75) is 46.5 Å². The lowest BCUT2D eigenvalue weighted by Gasteiger charge is -2.28. The second kappa shape index (κ2) is 6.79. The molecule has 4 heteroatoms. The van der Waals surface area contributed by atoms with E-state index in [1.165, 1.54) is 6.92 Å². The van der Waals surface area contributed by atoms with Crippen LogP contribution in [0.2, 0.25) is 0 Å². The number of hydrogen-bond acceptors (Lipinski definition) is 4. The Bertz CT molecular complexity index is 170. The lowest BCUT2D eigenvalue weighted by molar-refractivity contribution is -0.350. The maximum absolute atomic E-state index is 10.8. The highest BCUT2D eigenvalue weighted by Crippen LogP contribution is 2.15. The Morgan fingerprint density at radius 1 is 1.29 bits per heavy atom. The molecule has 0 heterocycles. The van der Waals surface area contributed by atoms with Gasteiger partial charge in [-0.3, -0.25) is 4.79 Å². The molecule has 0 aliphatic carbocycles. The quantitative estimate of drug-likeness (QED) is 0.362. The van der Waals surface area contributed by atoms with Gasteiger partial charge in [0.15, 0.2) is 0 Å². The Hall–Kier alpha value is -0.610. The highest BCUT2D eigenvalue weighted by atomic mass is 16.9. The SMILES string of the molecule is CCCCOC(C)(OCC)OC(C)=O. The summed E-state index contributed by atoms with van der Waals surface area (Å²) in [5.74, 6) is -1.63. The summed E-state index contributed by atoms with van der Waals surface area (Å²) >= 11 is 0. The van der Waals surface area contributed by atoms with Gasteiger partial charge in [-0.2, -0.15) is 0 Å². The van der Waals surface area contributed by atoms with Crippen LogP contribution in [0.3, 0.4) is 0 Å². The fourth-order valence-corrected chi connectivity index (χ4v) is 1.03. The predicted molar refractivity (Wildman–Crippen MR) is 52.7 cm³/mol. The molecule has 0 aliphatic rings. The van der Waals surface area contributed by atoms with Crippen LogP contribution in [0.5, 0.6) is 0 Å². The molecule has 0 aliphatic heterocycles. The van der Waals surface area contributed by atoms with Crippen LogP contribution >= 0.6 is 0 Å². The molecule has 1 unspecified atom stereocenters. The maximum atomic E-state index is 10.8. The van der Waals surface area contributed by atoms with Crippen LogP contribution in [0.1, 0.15) is 40.5 Å². The summed E-state index contributed by atoms with van der Waals surface area (Å²) in [5, 5.41) is 0. The summed E-state index contributed by atoms with van der Waals surface area (Å²) < 4.78 is 15.5. The molecule has 0 saturated heterocycles. The van der Waals surface area contributed by atoms with E-state index in [1.54, 1.807) is 6.92 Å². The Morgan fingerprint density at radius 3 is 2.36 bits per heavy atom. The molecule has 4 nitrogen and oxygen atoms in total. The van der Waals surface area contributed by atoms with Gasteiger partial charge < -0.3 is 14.2 Å². The molecule has 0 spiro atoms. The third-order valence-electron chi connectivity index (χ3n) is 1.60. The summed E-state index contributed by atoms with van der Waals surface area (Å²) in [6.07, 6.45) is 1.95. The van der Waals surface area contributed by atoms with Crippen molar-refractivity contribution in [1.29, 1.82) is 0 Å². The standard InChI is InChI=1S/C10H20O4/c1-5-7-8-13-10(4,12-6-2)14-9(3)11/h5-8H2,1-4H3. The Labute approximate surface area is 85.5 Å². The van der Waals surface area contributed by atoms with Gasteiger partial charge in [0.1, 0.15) is 0 Å². The molecule has 0 bridgehead atoms. The fraction of sp³-hybridized carbons (Fsp3) is 0.900. The Kier molecular flexibility index (Phi) is 6.49. The van der Waals surface area contributed by atoms with Gasteiger partial charge in [-0.05, 0) is 13.3 Å². The predicted octanol–water partition coefficient (Wildman–Crippen LogP) is 2.08. The van der Waals surface area contributed by atoms with E-state index < -0.39 is 11.9 Å². The normalized spacial score (nSPS) is 14.9. The van der Waals surface area contributed by atoms with Gasteiger partial charge in [0.25, 0.3) is 0 Å². The van der Waals surface area contributed by atoms with E-state index in [0.717, 1.165) is 12.8 Å². The van der Waals surface area contributed by atoms with Gasteiger partial charge in [0, 0.05) is 13.8 Å². The largest absolute Gasteiger partial charge is 0.408 e. The second-order valence-corrected chi connectivity index (χ2v) is 3.09. The van der Waals surface area contributed by atoms with E-state index in [0.29, 0.717) is 13.2 Å². The molecule has 0 aromatic heterocycles. The van der Waals surface area contributed by atoms with E-state index in [4.69, 9.17) is 14.2 Å². The zero-order valence-corrected chi connectivity index (χ0v) is 9.46. The van der Waals surface area contributed by atoms with E-state index in [9.17, 15) is 4.79 Å². The van der Waals surface area contributed by atoms with Crippen LogP contribution in [0.15, 0.2) is 0 Å². The first-order valence-electron chi connectivity index (χ1n) is 5.01. The van der Waals surface area contributed by atoms with E-state index >= 15 is 0 Å². The minimum Gasteiger partial charge on any atom is -0.408 e. The molecule has 0 aromatic carbocycles. The van der Waals surface area contributed by atoms with Crippen LogP contribution in [0, 0.1) is 0 Å². The fourth-order valence-electron chi connectivity index (χ4n) is 1.03. The highest BCUT2D eigenvalue weighted by molar-refractivity contribution is 5.66. The zero-order chi connectivity index (χ0) is 11.0. The molecule has 0 amide bonds. The van der Waals surface area contributed by atoms with Gasteiger partial charge in [-0.25, -0.2) is 0 Å². The number of esters is 1. The minimum atomic E-state index is -1.23. The molecule has 0 aromatic rings. The second-order valence-electron chi connectivity index (χ2n) is 3.09. The van der Waals surface area contributed by atoms with Crippen LogP contribution in [0.25, 0.3) is 0 Å². The summed E-state index contributed by atoms with van der Waals surface area (Å²) in [5.41, 5.74) is 0. The van der Waals surface area contributed by atoms with E-state index in [1.807, 2.05) is 6.92 Å². The molecule has 14 heavy (non-hydrogen) atoms. The molecule has 0 fully saturated rings. The van der Waals surface area contributed by atoms with Crippen molar-refractivity contribution < 1.29 is 19.0 Å². The van der Waals surface area contributed by atoms with Crippen molar-refractivity contribution in [2.24, 2.45) is 0 Å². The van der Waals surface area contributed by atoms with Crippen molar-refractivity contribution in [3.8, 4) is 0 Å². The number of hydrogen-bond donors (Lipinski definition) is 0. The molecular weight excluding hydrogens is 184 g/mol. The molecule has 0 saturated carbocycles. The van der Waals surface area contributed by atoms with Crippen LogP contribution in [-0.2, 0) is 19.0 Å². The third-order valence-corrected chi connectivity index (χ3v) is 1.60. The summed E-state index contributed by atoms with van der Waals surface area (Å²) in [6, 6.07) is 0. The van der Waals surface area contributed by atoms with Crippen LogP contribution < -0.4 is 0 Å². The average Bonchev–Trinajstić information content (AvgIpc) is 2.03. The van der Waals surface area contributed by atoms with Crippen molar-refractivity contribution in [3.05, 3.63) is 0 Å². The topological polar surface area (TPSA) is 44.8 Å². The van der Waals surface area contributed by atoms with Gasteiger partial charge in [-0.1, -0.05) is 13.3 Å². The third kappa shape index (κ3) is 5.94. The zero-order valence-electron chi connectivity index (χ0n) is 9.46. The first kappa shape index (κ1) is 13.4. The number of unbranched alkanes of at least 4 members (excludes halogenated alkanes) is 1. The van der Waals surface area contributed by atoms with Gasteiger partial charge >= 0.3 is 11.9 Å².